The van der Waals surface area contributed by atoms with Gasteiger partial charge in [-0.2, -0.15) is 13.2 Å². The number of piperazine rings is 1. The number of anilines is 1. The molecule has 9 heteroatoms. The summed E-state index contributed by atoms with van der Waals surface area (Å²) in [5.74, 6) is 0.0867. The normalized spacial score (nSPS) is 15.1. The second-order valence-electron chi connectivity index (χ2n) is 9.46. The summed E-state index contributed by atoms with van der Waals surface area (Å²) < 4.78 is 48.1. The third-order valence-electron chi connectivity index (χ3n) is 7.16. The van der Waals surface area contributed by atoms with Crippen LogP contribution in [0, 0.1) is 6.92 Å². The van der Waals surface area contributed by atoms with Gasteiger partial charge in [0.05, 0.1) is 24.1 Å². The largest absolute Gasteiger partial charge is 0.495 e. The Morgan fingerprint density at radius 3 is 2.47 bits per heavy atom. The topological polar surface area (TPSA) is 50.1 Å². The summed E-state index contributed by atoms with van der Waals surface area (Å²) in [7, 11) is 1.63. The van der Waals surface area contributed by atoms with Crippen molar-refractivity contribution in [2.24, 2.45) is 0 Å². The van der Waals surface area contributed by atoms with Gasteiger partial charge in [0, 0.05) is 50.4 Å². The fraction of sp³-hybridized carbons (Fsp3) is 0.310. The van der Waals surface area contributed by atoms with Gasteiger partial charge in [-0.05, 0) is 42.8 Å². The minimum atomic E-state index is -4.48. The fourth-order valence-corrected chi connectivity index (χ4v) is 5.19. The van der Waals surface area contributed by atoms with E-state index >= 15 is 0 Å². The molecule has 1 unspecified atom stereocenters. The van der Waals surface area contributed by atoms with Crippen LogP contribution < -0.4 is 9.64 Å². The van der Waals surface area contributed by atoms with E-state index in [1.54, 1.807) is 24.3 Å². The molecular formula is C29H29F3N4O2. The van der Waals surface area contributed by atoms with E-state index in [0.29, 0.717) is 43.1 Å². The number of carbonyl (C=O) groups is 1. The average Bonchev–Trinajstić information content (AvgIpc) is 3.36. The Bertz CT molecular complexity index is 1440. The number of nitrogens with zero attached hydrogens (tertiary/aromatic N) is 4. The third kappa shape index (κ3) is 5.05. The smallest absolute Gasteiger partial charge is 0.416 e. The van der Waals surface area contributed by atoms with Gasteiger partial charge < -0.3 is 18.9 Å². The monoisotopic (exact) mass is 522 g/mol. The summed E-state index contributed by atoms with van der Waals surface area (Å²) in [5.41, 5.74) is 2.96. The Balaban J connectivity index is 1.42. The van der Waals surface area contributed by atoms with Crippen molar-refractivity contribution in [1.29, 1.82) is 0 Å². The van der Waals surface area contributed by atoms with Gasteiger partial charge in [-0.3, -0.25) is 4.79 Å². The Labute approximate surface area is 219 Å². The van der Waals surface area contributed by atoms with E-state index in [9.17, 15) is 18.0 Å². The lowest BCUT2D eigenvalue weighted by Crippen LogP contribution is -2.49. The lowest BCUT2D eigenvalue weighted by atomic mass is 9.90. The second-order valence-corrected chi connectivity index (χ2v) is 9.46. The number of fused-ring (bicyclic) bond motifs is 1. The van der Waals surface area contributed by atoms with Crippen molar-refractivity contribution in [2.75, 3.05) is 38.2 Å². The Hall–Kier alpha value is -4.01. The molecule has 0 N–H and O–H groups in total. The molecule has 0 bridgehead atoms. The number of imidazole rings is 1. The molecule has 0 radical (unpaired) electrons. The molecule has 2 aromatic heterocycles. The molecule has 0 aliphatic carbocycles. The van der Waals surface area contributed by atoms with Crippen molar-refractivity contribution in [1.82, 2.24) is 14.3 Å². The van der Waals surface area contributed by atoms with E-state index < -0.39 is 17.7 Å². The highest BCUT2D eigenvalue weighted by atomic mass is 19.4. The molecule has 1 atom stereocenters. The average molecular weight is 523 g/mol. The fourth-order valence-electron chi connectivity index (χ4n) is 5.19. The van der Waals surface area contributed by atoms with Crippen molar-refractivity contribution in [3.05, 3.63) is 95.4 Å². The van der Waals surface area contributed by atoms with Crippen molar-refractivity contribution < 1.29 is 22.7 Å². The molecule has 6 nitrogen and oxygen atoms in total. The Kier molecular flexibility index (Phi) is 7.01. The van der Waals surface area contributed by atoms with Crippen LogP contribution in [0.2, 0.25) is 0 Å². The number of alkyl halides is 3. The van der Waals surface area contributed by atoms with Gasteiger partial charge in [-0.25, -0.2) is 4.98 Å². The number of pyridine rings is 1. The zero-order valence-corrected chi connectivity index (χ0v) is 21.3. The molecule has 0 spiro atoms. The predicted octanol–water partition coefficient (Wildman–Crippen LogP) is 5.54. The SMILES string of the molecule is COc1ccccc1N1CCN(C(=O)CC(c2cccc(C(F)(F)F)c2)c2cnc3cccc(C)n23)CC1. The highest BCUT2D eigenvalue weighted by Crippen LogP contribution is 2.35. The summed E-state index contributed by atoms with van der Waals surface area (Å²) in [6, 6.07) is 18.7. The number of hydrogen-bond donors (Lipinski definition) is 0. The third-order valence-corrected chi connectivity index (χ3v) is 7.16. The molecule has 0 saturated carbocycles. The first-order valence-corrected chi connectivity index (χ1v) is 12.5. The molecule has 1 aliphatic heterocycles. The van der Waals surface area contributed by atoms with Crippen molar-refractivity contribution in [2.45, 2.75) is 25.4 Å². The van der Waals surface area contributed by atoms with E-state index in [0.717, 1.165) is 29.3 Å². The second kappa shape index (κ2) is 10.4. The van der Waals surface area contributed by atoms with Crippen LogP contribution in [0.25, 0.3) is 5.65 Å². The predicted molar refractivity (Wildman–Crippen MR) is 140 cm³/mol. The zero-order chi connectivity index (χ0) is 26.9. The number of benzene rings is 2. The van der Waals surface area contributed by atoms with E-state index in [1.807, 2.05) is 53.8 Å². The first-order chi connectivity index (χ1) is 18.3. The van der Waals surface area contributed by atoms with Crippen LogP contribution in [0.4, 0.5) is 18.9 Å². The maximum atomic E-state index is 13.6. The minimum Gasteiger partial charge on any atom is -0.495 e. The van der Waals surface area contributed by atoms with Gasteiger partial charge in [-0.15, -0.1) is 0 Å². The molecule has 1 aliphatic rings. The molecule has 38 heavy (non-hydrogen) atoms. The molecule has 4 aromatic rings. The van der Waals surface area contributed by atoms with E-state index in [4.69, 9.17) is 4.74 Å². The molecule has 1 fully saturated rings. The van der Waals surface area contributed by atoms with Gasteiger partial charge in [0.1, 0.15) is 11.4 Å². The van der Waals surface area contributed by atoms with Gasteiger partial charge in [0.25, 0.3) is 0 Å². The lowest BCUT2D eigenvalue weighted by Gasteiger charge is -2.37. The highest BCUT2D eigenvalue weighted by Gasteiger charge is 2.33. The maximum Gasteiger partial charge on any atom is 0.416 e. The van der Waals surface area contributed by atoms with Crippen LogP contribution in [-0.2, 0) is 11.0 Å². The summed E-state index contributed by atoms with van der Waals surface area (Å²) in [5, 5.41) is 0. The number of rotatable bonds is 6. The molecule has 1 amide bonds. The van der Waals surface area contributed by atoms with Crippen LogP contribution in [0.5, 0.6) is 5.75 Å². The number of aryl methyl sites for hydroxylation is 1. The summed E-state index contributed by atoms with van der Waals surface area (Å²) in [6.07, 6.45) is -2.77. The number of amides is 1. The molecule has 2 aromatic carbocycles. The Morgan fingerprint density at radius 1 is 1.00 bits per heavy atom. The maximum absolute atomic E-state index is 13.6. The number of halogens is 3. The lowest BCUT2D eigenvalue weighted by molar-refractivity contribution is -0.137. The van der Waals surface area contributed by atoms with E-state index in [1.165, 1.54) is 6.07 Å². The highest BCUT2D eigenvalue weighted by molar-refractivity contribution is 5.78. The minimum absolute atomic E-state index is 0.0398. The van der Waals surface area contributed by atoms with Crippen LogP contribution in [-0.4, -0.2) is 53.5 Å². The summed E-state index contributed by atoms with van der Waals surface area (Å²) in [4.78, 5) is 22.0. The van der Waals surface area contributed by atoms with E-state index in [2.05, 4.69) is 9.88 Å². The van der Waals surface area contributed by atoms with Crippen LogP contribution in [0.15, 0.2) is 72.9 Å². The molecule has 198 valence electrons. The van der Waals surface area contributed by atoms with Crippen LogP contribution in [0.3, 0.4) is 0 Å². The molecule has 5 rings (SSSR count). The van der Waals surface area contributed by atoms with Gasteiger partial charge >= 0.3 is 6.18 Å². The first kappa shape index (κ1) is 25.6. The number of carbonyl (C=O) groups excluding carboxylic acids is 1. The van der Waals surface area contributed by atoms with Gasteiger partial charge in [0.15, 0.2) is 0 Å². The van der Waals surface area contributed by atoms with Crippen molar-refractivity contribution in [3.8, 4) is 5.75 Å². The zero-order valence-electron chi connectivity index (χ0n) is 21.3. The van der Waals surface area contributed by atoms with Gasteiger partial charge in [0.2, 0.25) is 5.91 Å². The van der Waals surface area contributed by atoms with Crippen molar-refractivity contribution in [3.63, 3.8) is 0 Å². The number of para-hydroxylation sites is 2. The van der Waals surface area contributed by atoms with Crippen molar-refractivity contribution >= 4 is 17.2 Å². The first-order valence-electron chi connectivity index (χ1n) is 12.5. The standard InChI is InChI=1S/C29H29F3N4O2/c1-20-7-5-12-27-33-19-25(36(20)27)23(21-8-6-9-22(17-21)29(30,31)32)18-28(37)35-15-13-34(14-16-35)24-10-3-4-11-26(24)38-2/h3-12,17,19,23H,13-16,18H2,1-2H3. The van der Waals surface area contributed by atoms with Gasteiger partial charge in [-0.1, -0.05) is 36.4 Å². The quantitative estimate of drug-likeness (QED) is 0.334. The van der Waals surface area contributed by atoms with Crippen LogP contribution >= 0.6 is 0 Å². The van der Waals surface area contributed by atoms with E-state index in [-0.39, 0.29) is 12.3 Å². The Morgan fingerprint density at radius 2 is 1.74 bits per heavy atom. The molecule has 3 heterocycles. The summed E-state index contributed by atoms with van der Waals surface area (Å²) in [6.45, 7) is 4.21. The number of hydrogen-bond acceptors (Lipinski definition) is 4. The summed E-state index contributed by atoms with van der Waals surface area (Å²) >= 11 is 0. The molecule has 1 saturated heterocycles. The number of ether oxygens (including phenoxy) is 1. The molecular weight excluding hydrogens is 493 g/mol. The number of methoxy groups -OCH3 is 1. The van der Waals surface area contributed by atoms with Crippen LogP contribution in [0.1, 0.15) is 34.9 Å². The number of aromatic nitrogens is 2.